The summed E-state index contributed by atoms with van der Waals surface area (Å²) in [6, 6.07) is 12.3. The van der Waals surface area contributed by atoms with Gasteiger partial charge in [-0.15, -0.1) is 0 Å². The topological polar surface area (TPSA) is 52.6 Å². The van der Waals surface area contributed by atoms with Crippen molar-refractivity contribution in [2.75, 3.05) is 32.8 Å². The van der Waals surface area contributed by atoms with Crippen molar-refractivity contribution in [3.8, 4) is 11.1 Å². The van der Waals surface area contributed by atoms with Gasteiger partial charge >= 0.3 is 0 Å². The van der Waals surface area contributed by atoms with Gasteiger partial charge in [0.25, 0.3) is 5.91 Å². The molecule has 4 nitrogen and oxygen atoms in total. The second-order valence-electron chi connectivity index (χ2n) is 8.08. The number of carbonyl (C=O) groups is 1. The van der Waals surface area contributed by atoms with Crippen molar-refractivity contribution in [1.82, 2.24) is 10.2 Å². The molecule has 0 aliphatic carbocycles. The van der Waals surface area contributed by atoms with E-state index in [0.29, 0.717) is 18.0 Å². The molecule has 2 N–H and O–H groups in total. The summed E-state index contributed by atoms with van der Waals surface area (Å²) in [6.45, 7) is 10.1. The normalized spacial score (nSPS) is 17.5. The van der Waals surface area contributed by atoms with E-state index in [-0.39, 0.29) is 12.5 Å². The first-order valence-electron chi connectivity index (χ1n) is 10.3. The molecule has 0 aromatic heterocycles. The first-order chi connectivity index (χ1) is 13.5. The molecule has 0 spiro atoms. The quantitative estimate of drug-likeness (QED) is 0.803. The van der Waals surface area contributed by atoms with Crippen LogP contribution in [0.5, 0.6) is 0 Å². The average Bonchev–Trinajstić information content (AvgIpc) is 2.71. The summed E-state index contributed by atoms with van der Waals surface area (Å²) in [7, 11) is 0. The van der Waals surface area contributed by atoms with Gasteiger partial charge in [0.2, 0.25) is 0 Å². The van der Waals surface area contributed by atoms with Crippen LogP contribution in [0.4, 0.5) is 0 Å². The number of carbonyl (C=O) groups excluding carboxylic acids is 1. The molecule has 1 atom stereocenters. The minimum absolute atomic E-state index is 0.0286. The van der Waals surface area contributed by atoms with E-state index >= 15 is 0 Å². The molecule has 1 heterocycles. The Kier molecular flexibility index (Phi) is 6.87. The van der Waals surface area contributed by atoms with Crippen molar-refractivity contribution in [1.29, 1.82) is 0 Å². The highest BCUT2D eigenvalue weighted by molar-refractivity contribution is 5.94. The van der Waals surface area contributed by atoms with Crippen LogP contribution in [0.1, 0.15) is 39.9 Å². The Bertz CT molecular complexity index is 814. The smallest absolute Gasteiger partial charge is 0.251 e. The van der Waals surface area contributed by atoms with E-state index in [1.807, 2.05) is 24.3 Å². The predicted molar refractivity (Wildman–Crippen MR) is 115 cm³/mol. The fraction of sp³-hybridized carbons (Fsp3) is 0.458. The van der Waals surface area contributed by atoms with Crippen molar-refractivity contribution in [2.24, 2.45) is 5.92 Å². The lowest BCUT2D eigenvalue weighted by Gasteiger charge is -2.31. The summed E-state index contributed by atoms with van der Waals surface area (Å²) >= 11 is 0. The lowest BCUT2D eigenvalue weighted by atomic mass is 9.95. The minimum atomic E-state index is -0.0286. The summed E-state index contributed by atoms with van der Waals surface area (Å²) in [5.74, 6) is 0.352. The molecule has 150 valence electrons. The molecule has 3 rings (SSSR count). The van der Waals surface area contributed by atoms with Crippen LogP contribution in [-0.4, -0.2) is 48.7 Å². The molecular weight excluding hydrogens is 348 g/mol. The summed E-state index contributed by atoms with van der Waals surface area (Å²) in [5.41, 5.74) is 6.89. The van der Waals surface area contributed by atoms with E-state index in [1.165, 1.54) is 22.3 Å². The van der Waals surface area contributed by atoms with Gasteiger partial charge in [0, 0.05) is 31.8 Å². The molecule has 28 heavy (non-hydrogen) atoms. The molecular formula is C24H32N2O2. The Labute approximate surface area is 168 Å². The maximum absolute atomic E-state index is 12.5. The van der Waals surface area contributed by atoms with Gasteiger partial charge in [-0.1, -0.05) is 24.3 Å². The molecule has 2 aromatic carbocycles. The number of rotatable bonds is 6. The van der Waals surface area contributed by atoms with Crippen molar-refractivity contribution < 1.29 is 9.90 Å². The summed E-state index contributed by atoms with van der Waals surface area (Å²) in [4.78, 5) is 14.8. The van der Waals surface area contributed by atoms with Crippen LogP contribution in [0.3, 0.4) is 0 Å². The third-order valence-electron chi connectivity index (χ3n) is 5.87. The Morgan fingerprint density at radius 2 is 1.82 bits per heavy atom. The zero-order valence-corrected chi connectivity index (χ0v) is 17.3. The highest BCUT2D eigenvalue weighted by Crippen LogP contribution is 2.26. The van der Waals surface area contributed by atoms with Crippen LogP contribution >= 0.6 is 0 Å². The number of piperidine rings is 1. The van der Waals surface area contributed by atoms with Gasteiger partial charge in [-0.3, -0.25) is 4.79 Å². The third kappa shape index (κ3) is 5.00. The van der Waals surface area contributed by atoms with Crippen LogP contribution in [0.2, 0.25) is 0 Å². The van der Waals surface area contributed by atoms with E-state index in [2.05, 4.69) is 43.1 Å². The van der Waals surface area contributed by atoms with Gasteiger partial charge in [0.05, 0.1) is 0 Å². The predicted octanol–water partition coefficient (Wildman–Crippen LogP) is 3.71. The maximum Gasteiger partial charge on any atom is 0.251 e. The van der Waals surface area contributed by atoms with Crippen molar-refractivity contribution in [3.63, 3.8) is 0 Å². The van der Waals surface area contributed by atoms with Crippen molar-refractivity contribution in [2.45, 2.75) is 33.6 Å². The molecule has 0 unspecified atom stereocenters. The van der Waals surface area contributed by atoms with E-state index in [9.17, 15) is 9.90 Å². The van der Waals surface area contributed by atoms with Gasteiger partial charge in [-0.05, 0) is 86.0 Å². The Balaban J connectivity index is 1.56. The van der Waals surface area contributed by atoms with Crippen molar-refractivity contribution >= 4 is 5.91 Å². The Morgan fingerprint density at radius 1 is 1.11 bits per heavy atom. The number of hydrogen-bond acceptors (Lipinski definition) is 3. The van der Waals surface area contributed by atoms with Crippen LogP contribution in [0.15, 0.2) is 36.4 Å². The number of aliphatic hydroxyl groups excluding tert-OH is 1. The highest BCUT2D eigenvalue weighted by atomic mass is 16.3. The van der Waals surface area contributed by atoms with Gasteiger partial charge in [-0.2, -0.15) is 0 Å². The van der Waals surface area contributed by atoms with Gasteiger partial charge in [0.15, 0.2) is 0 Å². The number of nitrogens with one attached hydrogen (secondary N) is 1. The van der Waals surface area contributed by atoms with Crippen LogP contribution in [0.25, 0.3) is 11.1 Å². The summed E-state index contributed by atoms with van der Waals surface area (Å²) in [5, 5.41) is 12.3. The number of likely N-dealkylation sites (tertiary alicyclic amines) is 1. The highest BCUT2D eigenvalue weighted by Gasteiger charge is 2.18. The Hall–Kier alpha value is -2.17. The van der Waals surface area contributed by atoms with E-state index in [4.69, 9.17) is 0 Å². The molecule has 1 amide bonds. The molecule has 0 saturated carbocycles. The fourth-order valence-electron chi connectivity index (χ4n) is 4.01. The molecule has 2 aromatic rings. The fourth-order valence-corrected chi connectivity index (χ4v) is 4.01. The lowest BCUT2D eigenvalue weighted by Crippen LogP contribution is -2.41. The lowest BCUT2D eigenvalue weighted by molar-refractivity contribution is 0.0930. The number of amides is 1. The number of hydrogen-bond donors (Lipinski definition) is 2. The zero-order valence-electron chi connectivity index (χ0n) is 17.3. The molecule has 0 bridgehead atoms. The molecule has 4 heteroatoms. The zero-order chi connectivity index (χ0) is 20.1. The molecule has 1 fully saturated rings. The standard InChI is InChI=1S/C24H32N2O2/c1-17-13-19(3)23(14-18(17)2)21-6-8-22(9-7-21)24(28)25-10-12-26-11-4-5-20(15-26)16-27/h6-9,13-14,20,27H,4-5,10-12,15-16H2,1-3H3,(H,25,28)/t20-/m0/s1. The van der Waals surface area contributed by atoms with Gasteiger partial charge < -0.3 is 15.3 Å². The monoisotopic (exact) mass is 380 g/mol. The number of aliphatic hydroxyl groups is 1. The van der Waals surface area contributed by atoms with Crippen molar-refractivity contribution in [3.05, 3.63) is 58.7 Å². The second-order valence-corrected chi connectivity index (χ2v) is 8.08. The number of aryl methyl sites for hydroxylation is 3. The van der Waals surface area contributed by atoms with Crippen LogP contribution in [0, 0.1) is 26.7 Å². The minimum Gasteiger partial charge on any atom is -0.396 e. The first-order valence-corrected chi connectivity index (χ1v) is 10.3. The van der Waals surface area contributed by atoms with E-state index < -0.39 is 0 Å². The molecule has 1 saturated heterocycles. The van der Waals surface area contributed by atoms with E-state index in [0.717, 1.165) is 38.0 Å². The number of benzene rings is 2. The Morgan fingerprint density at radius 3 is 2.54 bits per heavy atom. The average molecular weight is 381 g/mol. The molecule has 0 radical (unpaired) electrons. The SMILES string of the molecule is Cc1cc(C)c(-c2ccc(C(=O)NCCN3CCC[C@H](CO)C3)cc2)cc1C. The molecule has 1 aliphatic rings. The van der Waals surface area contributed by atoms with E-state index in [1.54, 1.807) is 0 Å². The van der Waals surface area contributed by atoms with Gasteiger partial charge in [0.1, 0.15) is 0 Å². The summed E-state index contributed by atoms with van der Waals surface area (Å²) < 4.78 is 0. The maximum atomic E-state index is 12.5. The number of nitrogens with zero attached hydrogens (tertiary/aromatic N) is 1. The summed E-state index contributed by atoms with van der Waals surface area (Å²) in [6.07, 6.45) is 2.23. The van der Waals surface area contributed by atoms with Crippen LogP contribution in [-0.2, 0) is 0 Å². The van der Waals surface area contributed by atoms with Gasteiger partial charge in [-0.25, -0.2) is 0 Å². The second kappa shape index (κ2) is 9.35. The molecule has 1 aliphatic heterocycles. The van der Waals surface area contributed by atoms with Crippen LogP contribution < -0.4 is 5.32 Å². The largest absolute Gasteiger partial charge is 0.396 e. The third-order valence-corrected chi connectivity index (χ3v) is 5.87. The first kappa shape index (κ1) is 20.6.